The Hall–Kier alpha value is -2.60. The molecule has 1 aromatic heterocycles. The van der Waals surface area contributed by atoms with Crippen molar-refractivity contribution in [3.05, 3.63) is 41.1 Å². The van der Waals surface area contributed by atoms with E-state index in [9.17, 15) is 9.59 Å². The average Bonchev–Trinajstić information content (AvgIpc) is 2.98. The van der Waals surface area contributed by atoms with Gasteiger partial charge in [-0.3, -0.25) is 9.69 Å². The molecule has 142 valence electrons. The number of hydrogen-bond donors (Lipinski definition) is 1. The topological polar surface area (TPSA) is 57.6 Å². The Balaban J connectivity index is 1.89. The Morgan fingerprint density at radius 1 is 1.33 bits per heavy atom. The molecule has 0 saturated carbocycles. The Bertz CT molecular complexity index is 939. The molecule has 0 fully saturated rings. The standard InChI is InChI=1S/C21H26N4O2/c1-4-24(5-2)21(27)22-25-17-10-6-8-15-14-9-7-11-23(3)18(14)12-16(20(15)17)19(25)13-26/h6,8-10,13,18H,4-5,7,11-12H2,1-3H3,(H,22,27)/t18-/m1/s1. The number of carbonyl (C=O) groups excluding carboxylic acids is 2. The maximum absolute atomic E-state index is 12.6. The van der Waals surface area contributed by atoms with Crippen molar-refractivity contribution in [2.45, 2.75) is 32.7 Å². The first-order chi connectivity index (χ1) is 13.1. The summed E-state index contributed by atoms with van der Waals surface area (Å²) in [6.45, 7) is 6.16. The minimum atomic E-state index is -0.190. The molecule has 1 aromatic carbocycles. The number of likely N-dealkylation sites (N-methyl/N-ethyl adjacent to an activating group) is 1. The third kappa shape index (κ3) is 2.67. The largest absolute Gasteiger partial charge is 0.336 e. The molecule has 0 spiro atoms. The molecule has 4 rings (SSSR count). The number of urea groups is 1. The average molecular weight is 366 g/mol. The number of rotatable bonds is 4. The van der Waals surface area contributed by atoms with Crippen molar-refractivity contribution in [3.63, 3.8) is 0 Å². The van der Waals surface area contributed by atoms with Crippen molar-refractivity contribution in [2.24, 2.45) is 0 Å². The molecular weight excluding hydrogens is 340 g/mol. The Morgan fingerprint density at radius 3 is 2.81 bits per heavy atom. The van der Waals surface area contributed by atoms with Crippen LogP contribution in [0.1, 0.15) is 41.9 Å². The van der Waals surface area contributed by atoms with Gasteiger partial charge in [0.1, 0.15) is 5.69 Å². The van der Waals surface area contributed by atoms with Gasteiger partial charge in [-0.25, -0.2) is 14.9 Å². The second-order valence-electron chi connectivity index (χ2n) is 7.25. The lowest BCUT2D eigenvalue weighted by atomic mass is 9.81. The summed E-state index contributed by atoms with van der Waals surface area (Å²) in [6, 6.07) is 6.21. The molecule has 0 unspecified atom stereocenters. The highest BCUT2D eigenvalue weighted by atomic mass is 16.2. The molecule has 1 aliphatic heterocycles. The van der Waals surface area contributed by atoms with Gasteiger partial charge in [0.25, 0.3) is 0 Å². The fourth-order valence-corrected chi connectivity index (χ4v) is 4.51. The highest BCUT2D eigenvalue weighted by Crippen LogP contribution is 2.41. The van der Waals surface area contributed by atoms with Crippen molar-refractivity contribution in [3.8, 4) is 0 Å². The van der Waals surface area contributed by atoms with Crippen molar-refractivity contribution >= 4 is 28.8 Å². The zero-order valence-electron chi connectivity index (χ0n) is 16.2. The lowest BCUT2D eigenvalue weighted by Crippen LogP contribution is -2.39. The summed E-state index contributed by atoms with van der Waals surface area (Å²) in [5, 5.41) is 1.09. The van der Waals surface area contributed by atoms with Gasteiger partial charge in [0, 0.05) is 31.1 Å². The van der Waals surface area contributed by atoms with Gasteiger partial charge < -0.3 is 4.90 Å². The summed E-state index contributed by atoms with van der Waals surface area (Å²) in [4.78, 5) is 28.7. The monoisotopic (exact) mass is 366 g/mol. The Labute approximate surface area is 159 Å². The van der Waals surface area contributed by atoms with Crippen LogP contribution in [0.3, 0.4) is 0 Å². The van der Waals surface area contributed by atoms with Gasteiger partial charge in [-0.2, -0.15) is 0 Å². The minimum Gasteiger partial charge on any atom is -0.324 e. The van der Waals surface area contributed by atoms with Gasteiger partial charge in [0.2, 0.25) is 0 Å². The van der Waals surface area contributed by atoms with Gasteiger partial charge in [0.05, 0.1) is 5.52 Å². The van der Waals surface area contributed by atoms with E-state index in [4.69, 9.17) is 0 Å². The molecule has 27 heavy (non-hydrogen) atoms. The van der Waals surface area contributed by atoms with E-state index < -0.39 is 0 Å². The summed E-state index contributed by atoms with van der Waals surface area (Å²) in [5.74, 6) is 0. The first-order valence-electron chi connectivity index (χ1n) is 9.68. The van der Waals surface area contributed by atoms with Crippen molar-refractivity contribution in [1.82, 2.24) is 14.5 Å². The smallest absolute Gasteiger partial charge is 0.324 e. The van der Waals surface area contributed by atoms with Crippen molar-refractivity contribution in [2.75, 3.05) is 32.1 Å². The third-order valence-electron chi connectivity index (χ3n) is 5.95. The number of fused-ring (bicyclic) bond motifs is 2. The van der Waals surface area contributed by atoms with E-state index in [0.717, 1.165) is 42.1 Å². The van der Waals surface area contributed by atoms with Crippen LogP contribution in [0.25, 0.3) is 16.5 Å². The molecule has 6 nitrogen and oxygen atoms in total. The summed E-state index contributed by atoms with van der Waals surface area (Å²) in [6.07, 6.45) is 5.03. The van der Waals surface area contributed by atoms with Crippen LogP contribution < -0.4 is 5.43 Å². The number of benzene rings is 1. The van der Waals surface area contributed by atoms with Gasteiger partial charge in [-0.1, -0.05) is 18.2 Å². The van der Waals surface area contributed by atoms with E-state index in [-0.39, 0.29) is 12.1 Å². The number of aldehydes is 1. The van der Waals surface area contributed by atoms with Crippen molar-refractivity contribution < 1.29 is 9.59 Å². The second kappa shape index (κ2) is 6.85. The number of amides is 2. The molecular formula is C21H26N4O2. The molecule has 0 saturated heterocycles. The van der Waals surface area contributed by atoms with Crippen LogP contribution in [0.2, 0.25) is 0 Å². The SMILES string of the molecule is CCN(CC)C(=O)Nn1c(C=O)c2c3c(cccc31)C1=CCCN(C)[C@@H]1C2. The predicted octanol–water partition coefficient (Wildman–Crippen LogP) is 3.10. The number of nitrogens with zero attached hydrogens (tertiary/aromatic N) is 3. The molecule has 2 amide bonds. The Kier molecular flexibility index (Phi) is 4.52. The number of hydrogen-bond acceptors (Lipinski definition) is 3. The highest BCUT2D eigenvalue weighted by molar-refractivity contribution is 6.04. The van der Waals surface area contributed by atoms with Crippen LogP contribution in [0.4, 0.5) is 4.79 Å². The molecule has 1 aliphatic carbocycles. The van der Waals surface area contributed by atoms with E-state index in [1.807, 2.05) is 26.0 Å². The van der Waals surface area contributed by atoms with Gasteiger partial charge in [-0.15, -0.1) is 0 Å². The molecule has 2 aromatic rings. The van der Waals surface area contributed by atoms with E-state index in [1.165, 1.54) is 11.1 Å². The zero-order chi connectivity index (χ0) is 19.1. The fraction of sp³-hybridized carbons (Fsp3) is 0.429. The van der Waals surface area contributed by atoms with Crippen LogP contribution in [0.5, 0.6) is 0 Å². The van der Waals surface area contributed by atoms with Gasteiger partial charge >= 0.3 is 6.03 Å². The summed E-state index contributed by atoms with van der Waals surface area (Å²) in [5.41, 5.74) is 7.94. The molecule has 1 atom stereocenters. The fourth-order valence-electron chi connectivity index (χ4n) is 4.51. The zero-order valence-corrected chi connectivity index (χ0v) is 16.2. The maximum Gasteiger partial charge on any atom is 0.336 e. The summed E-state index contributed by atoms with van der Waals surface area (Å²) in [7, 11) is 2.14. The normalized spacial score (nSPS) is 18.8. The van der Waals surface area contributed by atoms with Crippen molar-refractivity contribution in [1.29, 1.82) is 0 Å². The minimum absolute atomic E-state index is 0.190. The summed E-state index contributed by atoms with van der Waals surface area (Å²) >= 11 is 0. The number of carbonyl (C=O) groups is 2. The quantitative estimate of drug-likeness (QED) is 0.846. The Morgan fingerprint density at radius 2 is 2.11 bits per heavy atom. The first kappa shape index (κ1) is 17.8. The lowest BCUT2D eigenvalue weighted by molar-refractivity contribution is 0.111. The van der Waals surface area contributed by atoms with E-state index in [2.05, 4.69) is 29.5 Å². The molecule has 2 heterocycles. The van der Waals surface area contributed by atoms with E-state index in [0.29, 0.717) is 18.8 Å². The number of nitrogens with one attached hydrogen (secondary N) is 1. The molecule has 2 aliphatic rings. The lowest BCUT2D eigenvalue weighted by Gasteiger charge is -2.37. The summed E-state index contributed by atoms with van der Waals surface area (Å²) < 4.78 is 1.68. The third-order valence-corrected chi connectivity index (χ3v) is 5.95. The maximum atomic E-state index is 12.6. The number of aromatic nitrogens is 1. The highest BCUT2D eigenvalue weighted by Gasteiger charge is 2.34. The van der Waals surface area contributed by atoms with Crippen LogP contribution in [-0.2, 0) is 6.42 Å². The molecule has 1 N–H and O–H groups in total. The van der Waals surface area contributed by atoms with Gasteiger partial charge in [0.15, 0.2) is 6.29 Å². The van der Waals surface area contributed by atoms with E-state index >= 15 is 0 Å². The van der Waals surface area contributed by atoms with Crippen LogP contribution in [-0.4, -0.2) is 59.5 Å². The first-order valence-corrected chi connectivity index (χ1v) is 9.68. The predicted molar refractivity (Wildman–Crippen MR) is 108 cm³/mol. The molecule has 6 heteroatoms. The van der Waals surface area contributed by atoms with Crippen LogP contribution >= 0.6 is 0 Å². The second-order valence-corrected chi connectivity index (χ2v) is 7.25. The molecule has 0 radical (unpaired) electrons. The van der Waals surface area contributed by atoms with Crippen LogP contribution in [0.15, 0.2) is 24.3 Å². The van der Waals surface area contributed by atoms with Crippen LogP contribution in [0, 0.1) is 0 Å². The molecule has 0 bridgehead atoms. The van der Waals surface area contributed by atoms with E-state index in [1.54, 1.807) is 9.58 Å². The van der Waals surface area contributed by atoms with Gasteiger partial charge in [-0.05, 0) is 56.5 Å².